The number of carbonyl (C=O) groups is 2. The molecule has 18 heavy (non-hydrogen) atoms. The molecular weight excluding hydrogens is 252 g/mol. The number of amides is 2. The van der Waals surface area contributed by atoms with Gasteiger partial charge >= 0.3 is 0 Å². The maximum Gasteiger partial charge on any atom is 0.251 e. The maximum atomic E-state index is 11.9. The minimum absolute atomic E-state index is 0.271. The zero-order valence-corrected chi connectivity index (χ0v) is 11.2. The van der Waals surface area contributed by atoms with Gasteiger partial charge in [0.2, 0.25) is 5.91 Å². The molecule has 5 heteroatoms. The third-order valence-corrected chi connectivity index (χ3v) is 2.71. The zero-order valence-electron chi connectivity index (χ0n) is 10.4. The van der Waals surface area contributed by atoms with E-state index >= 15 is 0 Å². The van der Waals surface area contributed by atoms with Gasteiger partial charge in [-0.05, 0) is 36.6 Å². The van der Waals surface area contributed by atoms with Gasteiger partial charge in [0.1, 0.15) is 6.04 Å². The first-order valence-electron chi connectivity index (χ1n) is 5.76. The summed E-state index contributed by atoms with van der Waals surface area (Å²) in [6.07, 6.45) is 0.522. The summed E-state index contributed by atoms with van der Waals surface area (Å²) in [5.41, 5.74) is 5.71. The molecule has 0 bridgehead atoms. The smallest absolute Gasteiger partial charge is 0.251 e. The fraction of sp³-hybridized carbons (Fsp3) is 0.385. The van der Waals surface area contributed by atoms with Gasteiger partial charge in [0.05, 0.1) is 0 Å². The molecule has 0 spiro atoms. The lowest BCUT2D eigenvalue weighted by Crippen LogP contribution is -2.45. The molecule has 0 aliphatic heterocycles. The second-order valence-electron chi connectivity index (χ2n) is 4.56. The van der Waals surface area contributed by atoms with Crippen molar-refractivity contribution in [1.29, 1.82) is 0 Å². The van der Waals surface area contributed by atoms with Gasteiger partial charge in [-0.1, -0.05) is 25.4 Å². The van der Waals surface area contributed by atoms with E-state index in [0.29, 0.717) is 17.0 Å². The number of benzene rings is 1. The summed E-state index contributed by atoms with van der Waals surface area (Å²) in [6, 6.07) is 5.81. The molecule has 3 N–H and O–H groups in total. The average Bonchev–Trinajstić information content (AvgIpc) is 2.28. The van der Waals surface area contributed by atoms with Crippen molar-refractivity contribution < 1.29 is 9.59 Å². The summed E-state index contributed by atoms with van der Waals surface area (Å²) in [6.45, 7) is 3.93. The Balaban J connectivity index is 2.72. The summed E-state index contributed by atoms with van der Waals surface area (Å²) in [5.74, 6) is -0.574. The highest BCUT2D eigenvalue weighted by molar-refractivity contribution is 6.30. The van der Waals surface area contributed by atoms with Crippen LogP contribution >= 0.6 is 11.6 Å². The molecule has 0 saturated heterocycles. The van der Waals surface area contributed by atoms with E-state index in [-0.39, 0.29) is 11.8 Å². The van der Waals surface area contributed by atoms with Gasteiger partial charge in [0.25, 0.3) is 5.91 Å². The number of hydrogen-bond acceptors (Lipinski definition) is 2. The lowest BCUT2D eigenvalue weighted by atomic mass is 10.0. The summed E-state index contributed by atoms with van der Waals surface area (Å²) >= 11 is 5.74. The molecule has 0 aromatic heterocycles. The van der Waals surface area contributed by atoms with Crippen molar-refractivity contribution in [1.82, 2.24) is 5.32 Å². The van der Waals surface area contributed by atoms with Crippen molar-refractivity contribution >= 4 is 23.4 Å². The number of nitrogens with one attached hydrogen (secondary N) is 1. The molecular formula is C13H17ClN2O2. The van der Waals surface area contributed by atoms with Crippen molar-refractivity contribution in [3.63, 3.8) is 0 Å². The van der Waals surface area contributed by atoms with Crippen LogP contribution in [0.25, 0.3) is 0 Å². The van der Waals surface area contributed by atoms with Crippen molar-refractivity contribution in [2.24, 2.45) is 11.7 Å². The largest absolute Gasteiger partial charge is 0.368 e. The van der Waals surface area contributed by atoms with Crippen LogP contribution < -0.4 is 11.1 Å². The number of nitrogens with two attached hydrogens (primary N) is 1. The molecule has 1 rings (SSSR count). The Hall–Kier alpha value is -1.55. The number of primary amides is 1. The first-order chi connectivity index (χ1) is 8.40. The van der Waals surface area contributed by atoms with Crippen LogP contribution in [0.5, 0.6) is 0 Å². The number of halogens is 1. The van der Waals surface area contributed by atoms with E-state index < -0.39 is 11.9 Å². The summed E-state index contributed by atoms with van der Waals surface area (Å²) in [5, 5.41) is 3.18. The van der Waals surface area contributed by atoms with Crippen LogP contribution in [0.1, 0.15) is 30.6 Å². The van der Waals surface area contributed by atoms with Gasteiger partial charge in [-0.25, -0.2) is 0 Å². The van der Waals surface area contributed by atoms with Crippen LogP contribution in [0.2, 0.25) is 5.02 Å². The van der Waals surface area contributed by atoms with E-state index in [0.717, 1.165) is 0 Å². The summed E-state index contributed by atoms with van der Waals surface area (Å²) < 4.78 is 0. The molecule has 4 nitrogen and oxygen atoms in total. The Morgan fingerprint density at radius 3 is 2.28 bits per heavy atom. The molecule has 1 aromatic rings. The van der Waals surface area contributed by atoms with Gasteiger partial charge in [-0.15, -0.1) is 0 Å². The van der Waals surface area contributed by atoms with Crippen LogP contribution in [-0.2, 0) is 4.79 Å². The highest BCUT2D eigenvalue weighted by atomic mass is 35.5. The van der Waals surface area contributed by atoms with Gasteiger partial charge < -0.3 is 11.1 Å². The van der Waals surface area contributed by atoms with Crippen molar-refractivity contribution in [3.05, 3.63) is 34.9 Å². The van der Waals surface area contributed by atoms with Crippen LogP contribution in [0, 0.1) is 5.92 Å². The minimum Gasteiger partial charge on any atom is -0.368 e. The summed E-state index contributed by atoms with van der Waals surface area (Å²) in [4.78, 5) is 23.1. The van der Waals surface area contributed by atoms with E-state index in [9.17, 15) is 9.59 Å². The molecule has 1 unspecified atom stereocenters. The molecule has 0 aliphatic carbocycles. The quantitative estimate of drug-likeness (QED) is 0.857. The van der Waals surface area contributed by atoms with Gasteiger partial charge in [0.15, 0.2) is 0 Å². The van der Waals surface area contributed by atoms with Crippen molar-refractivity contribution in [2.45, 2.75) is 26.3 Å². The van der Waals surface area contributed by atoms with Crippen LogP contribution in [0.3, 0.4) is 0 Å². The predicted octanol–water partition coefficient (Wildman–Crippen LogP) is 1.97. The molecule has 1 atom stereocenters. The molecule has 0 heterocycles. The molecule has 0 radical (unpaired) electrons. The minimum atomic E-state index is -0.645. The predicted molar refractivity (Wildman–Crippen MR) is 71.4 cm³/mol. The van der Waals surface area contributed by atoms with Crippen molar-refractivity contribution in [3.8, 4) is 0 Å². The Morgan fingerprint density at radius 2 is 1.83 bits per heavy atom. The number of rotatable bonds is 5. The Morgan fingerprint density at radius 1 is 1.28 bits per heavy atom. The second kappa shape index (κ2) is 6.40. The van der Waals surface area contributed by atoms with E-state index in [4.69, 9.17) is 17.3 Å². The zero-order chi connectivity index (χ0) is 13.7. The van der Waals surface area contributed by atoms with E-state index in [1.807, 2.05) is 13.8 Å². The fourth-order valence-corrected chi connectivity index (χ4v) is 1.69. The number of carbonyl (C=O) groups excluding carboxylic acids is 2. The van der Waals surface area contributed by atoms with E-state index in [2.05, 4.69) is 5.32 Å². The van der Waals surface area contributed by atoms with Crippen molar-refractivity contribution in [2.75, 3.05) is 0 Å². The Labute approximate surface area is 112 Å². The van der Waals surface area contributed by atoms with Gasteiger partial charge in [-0.2, -0.15) is 0 Å². The SMILES string of the molecule is CC(C)CC(NC(=O)c1ccc(Cl)cc1)C(N)=O. The fourth-order valence-electron chi connectivity index (χ4n) is 1.56. The third kappa shape index (κ3) is 4.37. The monoisotopic (exact) mass is 268 g/mol. The maximum absolute atomic E-state index is 11.9. The molecule has 2 amide bonds. The first-order valence-corrected chi connectivity index (χ1v) is 6.13. The molecule has 1 aromatic carbocycles. The average molecular weight is 269 g/mol. The topological polar surface area (TPSA) is 72.2 Å². The normalized spacial score (nSPS) is 12.2. The lowest BCUT2D eigenvalue weighted by molar-refractivity contribution is -0.120. The molecule has 0 aliphatic rings. The first kappa shape index (κ1) is 14.5. The van der Waals surface area contributed by atoms with Crippen LogP contribution in [0.4, 0.5) is 0 Å². The van der Waals surface area contributed by atoms with Gasteiger partial charge in [0, 0.05) is 10.6 Å². The van der Waals surface area contributed by atoms with E-state index in [1.165, 1.54) is 0 Å². The van der Waals surface area contributed by atoms with Gasteiger partial charge in [-0.3, -0.25) is 9.59 Å². The molecule has 0 saturated carbocycles. The van der Waals surface area contributed by atoms with Crippen LogP contribution in [-0.4, -0.2) is 17.9 Å². The lowest BCUT2D eigenvalue weighted by Gasteiger charge is -2.17. The second-order valence-corrected chi connectivity index (χ2v) is 5.00. The highest BCUT2D eigenvalue weighted by Crippen LogP contribution is 2.10. The third-order valence-electron chi connectivity index (χ3n) is 2.46. The Bertz CT molecular complexity index is 429. The Kier molecular flexibility index (Phi) is 5.16. The van der Waals surface area contributed by atoms with Crippen LogP contribution in [0.15, 0.2) is 24.3 Å². The summed E-state index contributed by atoms with van der Waals surface area (Å²) in [7, 11) is 0. The molecule has 98 valence electrons. The highest BCUT2D eigenvalue weighted by Gasteiger charge is 2.19. The number of hydrogen-bond donors (Lipinski definition) is 2. The van der Waals surface area contributed by atoms with E-state index in [1.54, 1.807) is 24.3 Å². The standard InChI is InChI=1S/C13H17ClN2O2/c1-8(2)7-11(12(15)17)16-13(18)9-3-5-10(14)6-4-9/h3-6,8,11H,7H2,1-2H3,(H2,15,17)(H,16,18). The molecule has 0 fully saturated rings.